The molecule has 16 heavy (non-hydrogen) atoms. The fraction of sp³-hybridized carbons (Fsp3) is 0.700. The number of carbonyl (C=O) groups is 1. The van der Waals surface area contributed by atoms with E-state index in [0.29, 0.717) is 17.5 Å². The van der Waals surface area contributed by atoms with Crippen molar-refractivity contribution in [2.24, 2.45) is 0 Å². The van der Waals surface area contributed by atoms with Crippen molar-refractivity contribution in [3.63, 3.8) is 0 Å². The van der Waals surface area contributed by atoms with E-state index in [1.807, 2.05) is 6.92 Å². The van der Waals surface area contributed by atoms with Crippen LogP contribution in [0.4, 0.5) is 0 Å². The largest absolute Gasteiger partial charge is 0.350 e. The second-order valence-electron chi connectivity index (χ2n) is 3.89. The third-order valence-corrected chi connectivity index (χ3v) is 3.28. The number of carbonyl (C=O) groups excluding carboxylic acids is 1. The molecule has 1 amide bonds. The first kappa shape index (κ1) is 11.5. The molecule has 0 unspecified atom stereocenters. The summed E-state index contributed by atoms with van der Waals surface area (Å²) >= 11 is 1.17. The van der Waals surface area contributed by atoms with Crippen molar-refractivity contribution in [2.45, 2.75) is 32.2 Å². The Bertz CT molecular complexity index is 361. The van der Waals surface area contributed by atoms with Gasteiger partial charge in [0.2, 0.25) is 0 Å². The van der Waals surface area contributed by atoms with Crippen LogP contribution in [0.15, 0.2) is 0 Å². The number of aromatic nitrogens is 2. The van der Waals surface area contributed by atoms with Gasteiger partial charge in [0.1, 0.15) is 4.88 Å². The Labute approximate surface area is 98.8 Å². The SMILES string of the molecule is CCc1nnsc1C(=O)NCCNC1CC1. The predicted octanol–water partition coefficient (Wildman–Crippen LogP) is 0.582. The molecule has 0 radical (unpaired) electrons. The minimum absolute atomic E-state index is 0.0514. The summed E-state index contributed by atoms with van der Waals surface area (Å²) in [6, 6.07) is 0.688. The van der Waals surface area contributed by atoms with Gasteiger partial charge in [0.05, 0.1) is 5.69 Å². The molecule has 1 aliphatic rings. The van der Waals surface area contributed by atoms with Crippen molar-refractivity contribution in [3.8, 4) is 0 Å². The molecule has 1 aromatic heterocycles. The maximum Gasteiger partial charge on any atom is 0.264 e. The lowest BCUT2D eigenvalue weighted by Gasteiger charge is -2.04. The molecule has 2 rings (SSSR count). The molecule has 1 saturated carbocycles. The summed E-state index contributed by atoms with van der Waals surface area (Å²) < 4.78 is 3.80. The third-order valence-electron chi connectivity index (χ3n) is 2.52. The molecular formula is C10H16N4OS. The van der Waals surface area contributed by atoms with Crippen LogP contribution in [0, 0.1) is 0 Å². The number of nitrogens with zero attached hydrogens (tertiary/aromatic N) is 2. The molecule has 0 aliphatic heterocycles. The topological polar surface area (TPSA) is 66.9 Å². The molecule has 1 aromatic rings. The van der Waals surface area contributed by atoms with Gasteiger partial charge in [0, 0.05) is 19.1 Å². The predicted molar refractivity (Wildman–Crippen MR) is 62.6 cm³/mol. The normalized spacial score (nSPS) is 15.1. The summed E-state index contributed by atoms with van der Waals surface area (Å²) in [6.45, 7) is 3.47. The summed E-state index contributed by atoms with van der Waals surface area (Å²) in [4.78, 5) is 12.4. The van der Waals surface area contributed by atoms with E-state index in [-0.39, 0.29) is 5.91 Å². The number of amides is 1. The number of hydrogen-bond acceptors (Lipinski definition) is 5. The zero-order chi connectivity index (χ0) is 11.4. The van der Waals surface area contributed by atoms with Crippen LogP contribution in [-0.2, 0) is 6.42 Å². The van der Waals surface area contributed by atoms with E-state index in [2.05, 4.69) is 20.2 Å². The number of nitrogens with one attached hydrogen (secondary N) is 2. The molecule has 6 heteroatoms. The van der Waals surface area contributed by atoms with E-state index in [0.717, 1.165) is 18.7 Å². The molecule has 0 bridgehead atoms. The van der Waals surface area contributed by atoms with Crippen molar-refractivity contribution >= 4 is 17.4 Å². The molecule has 0 aromatic carbocycles. The highest BCUT2D eigenvalue weighted by atomic mass is 32.1. The Morgan fingerprint density at radius 2 is 2.31 bits per heavy atom. The average molecular weight is 240 g/mol. The van der Waals surface area contributed by atoms with E-state index in [1.54, 1.807) is 0 Å². The first-order valence-electron chi connectivity index (χ1n) is 5.64. The Balaban J connectivity index is 1.73. The van der Waals surface area contributed by atoms with Crippen molar-refractivity contribution in [2.75, 3.05) is 13.1 Å². The van der Waals surface area contributed by atoms with E-state index in [4.69, 9.17) is 0 Å². The van der Waals surface area contributed by atoms with Crippen LogP contribution < -0.4 is 10.6 Å². The smallest absolute Gasteiger partial charge is 0.264 e. The Kier molecular flexibility index (Phi) is 3.84. The van der Waals surface area contributed by atoms with Gasteiger partial charge in [0.25, 0.3) is 5.91 Å². The fourth-order valence-corrected chi connectivity index (χ4v) is 2.10. The van der Waals surface area contributed by atoms with Crippen molar-refractivity contribution in [1.29, 1.82) is 0 Å². The standard InChI is InChI=1S/C10H16N4OS/c1-2-8-9(16-14-13-8)10(15)12-6-5-11-7-3-4-7/h7,11H,2-6H2,1H3,(H,12,15). The zero-order valence-electron chi connectivity index (χ0n) is 9.32. The van der Waals surface area contributed by atoms with Gasteiger partial charge in [-0.15, -0.1) is 5.10 Å². The van der Waals surface area contributed by atoms with E-state index in [1.165, 1.54) is 24.4 Å². The maximum atomic E-state index is 11.7. The first-order valence-corrected chi connectivity index (χ1v) is 6.41. The van der Waals surface area contributed by atoms with Crippen molar-refractivity contribution in [1.82, 2.24) is 20.2 Å². The van der Waals surface area contributed by atoms with Crippen LogP contribution in [0.3, 0.4) is 0 Å². The average Bonchev–Trinajstić information content (AvgIpc) is 2.99. The van der Waals surface area contributed by atoms with Crippen LogP contribution >= 0.6 is 11.5 Å². The van der Waals surface area contributed by atoms with E-state index < -0.39 is 0 Å². The van der Waals surface area contributed by atoms with Crippen LogP contribution in [0.25, 0.3) is 0 Å². The minimum Gasteiger partial charge on any atom is -0.350 e. The van der Waals surface area contributed by atoms with Gasteiger partial charge in [-0.25, -0.2) is 0 Å². The Hall–Kier alpha value is -1.01. The third kappa shape index (κ3) is 2.99. The van der Waals surface area contributed by atoms with Crippen molar-refractivity contribution < 1.29 is 4.79 Å². The van der Waals surface area contributed by atoms with Gasteiger partial charge in [-0.2, -0.15) is 0 Å². The lowest BCUT2D eigenvalue weighted by atomic mass is 10.3. The molecule has 2 N–H and O–H groups in total. The number of rotatable bonds is 6. The van der Waals surface area contributed by atoms with Gasteiger partial charge in [-0.1, -0.05) is 11.4 Å². The highest BCUT2D eigenvalue weighted by Crippen LogP contribution is 2.17. The molecular weight excluding hydrogens is 224 g/mol. The molecule has 5 nitrogen and oxygen atoms in total. The molecule has 1 aliphatic carbocycles. The molecule has 0 atom stereocenters. The van der Waals surface area contributed by atoms with Crippen LogP contribution in [0.2, 0.25) is 0 Å². The fourth-order valence-electron chi connectivity index (χ4n) is 1.43. The van der Waals surface area contributed by atoms with Crippen LogP contribution in [0.1, 0.15) is 35.1 Å². The monoisotopic (exact) mass is 240 g/mol. The highest BCUT2D eigenvalue weighted by Gasteiger charge is 2.20. The van der Waals surface area contributed by atoms with Gasteiger partial charge in [0.15, 0.2) is 0 Å². The zero-order valence-corrected chi connectivity index (χ0v) is 10.1. The summed E-state index contributed by atoms with van der Waals surface area (Å²) in [5.74, 6) is -0.0514. The summed E-state index contributed by atoms with van der Waals surface area (Å²) in [6.07, 6.45) is 3.29. The molecule has 0 saturated heterocycles. The molecule has 88 valence electrons. The maximum absolute atomic E-state index is 11.7. The summed E-state index contributed by atoms with van der Waals surface area (Å²) in [5.41, 5.74) is 0.789. The van der Waals surface area contributed by atoms with Gasteiger partial charge in [-0.3, -0.25) is 4.79 Å². The lowest BCUT2D eigenvalue weighted by molar-refractivity contribution is 0.0957. The molecule has 1 heterocycles. The van der Waals surface area contributed by atoms with Gasteiger partial charge >= 0.3 is 0 Å². The molecule has 0 spiro atoms. The summed E-state index contributed by atoms with van der Waals surface area (Å²) in [5, 5.41) is 10.1. The lowest BCUT2D eigenvalue weighted by Crippen LogP contribution is -2.32. The molecule has 1 fully saturated rings. The highest BCUT2D eigenvalue weighted by molar-refractivity contribution is 7.08. The number of hydrogen-bond donors (Lipinski definition) is 2. The Morgan fingerprint density at radius 3 is 3.00 bits per heavy atom. The van der Waals surface area contributed by atoms with E-state index in [9.17, 15) is 4.79 Å². The second-order valence-corrected chi connectivity index (χ2v) is 4.64. The number of aryl methyl sites for hydroxylation is 1. The van der Waals surface area contributed by atoms with E-state index >= 15 is 0 Å². The summed E-state index contributed by atoms with van der Waals surface area (Å²) in [7, 11) is 0. The van der Waals surface area contributed by atoms with Crippen molar-refractivity contribution in [3.05, 3.63) is 10.6 Å². The van der Waals surface area contributed by atoms with Crippen LogP contribution in [0.5, 0.6) is 0 Å². The second kappa shape index (κ2) is 5.36. The quantitative estimate of drug-likeness (QED) is 0.714. The van der Waals surface area contributed by atoms with Gasteiger partial charge in [-0.05, 0) is 30.8 Å². The Morgan fingerprint density at radius 1 is 1.50 bits per heavy atom. The first-order chi connectivity index (χ1) is 7.81. The van der Waals surface area contributed by atoms with Gasteiger partial charge < -0.3 is 10.6 Å². The minimum atomic E-state index is -0.0514. The van der Waals surface area contributed by atoms with Crippen LogP contribution in [-0.4, -0.2) is 34.6 Å².